The van der Waals surface area contributed by atoms with Crippen LogP contribution in [0.15, 0.2) is 24.3 Å². The van der Waals surface area contributed by atoms with Crippen molar-refractivity contribution in [2.45, 2.75) is 44.7 Å². The highest BCUT2D eigenvalue weighted by Crippen LogP contribution is 2.21. The number of rotatable bonds is 5. The first kappa shape index (κ1) is 14.7. The Morgan fingerprint density at radius 1 is 1.45 bits per heavy atom. The Morgan fingerprint density at radius 3 is 2.75 bits per heavy atom. The molecule has 0 aromatic heterocycles. The van der Waals surface area contributed by atoms with Crippen LogP contribution in [0.4, 0.5) is 4.79 Å². The largest absolute Gasteiger partial charge is 0.496 e. The summed E-state index contributed by atoms with van der Waals surface area (Å²) in [5.41, 5.74) is 1.13. The molecular weight excluding hydrogens is 252 g/mol. The summed E-state index contributed by atoms with van der Waals surface area (Å²) in [6, 6.07) is 8.49. The number of ether oxygens (including phenoxy) is 1. The van der Waals surface area contributed by atoms with Crippen molar-refractivity contribution in [3.63, 3.8) is 0 Å². The van der Waals surface area contributed by atoms with Crippen molar-refractivity contribution in [2.75, 3.05) is 14.2 Å². The van der Waals surface area contributed by atoms with E-state index in [-0.39, 0.29) is 12.1 Å². The molecule has 0 radical (unpaired) electrons. The van der Waals surface area contributed by atoms with Crippen LogP contribution in [0, 0.1) is 0 Å². The molecule has 1 N–H and O–H groups in total. The summed E-state index contributed by atoms with van der Waals surface area (Å²) in [5.74, 6) is 0.882. The van der Waals surface area contributed by atoms with E-state index >= 15 is 0 Å². The average Bonchev–Trinajstić information content (AvgIpc) is 2.42. The highest BCUT2D eigenvalue weighted by atomic mass is 16.5. The molecule has 0 saturated heterocycles. The van der Waals surface area contributed by atoms with Crippen LogP contribution in [-0.2, 0) is 6.42 Å². The summed E-state index contributed by atoms with van der Waals surface area (Å²) in [4.78, 5) is 13.9. The van der Waals surface area contributed by atoms with E-state index in [1.807, 2.05) is 31.3 Å². The first-order chi connectivity index (χ1) is 9.61. The van der Waals surface area contributed by atoms with E-state index in [4.69, 9.17) is 4.74 Å². The highest BCUT2D eigenvalue weighted by molar-refractivity contribution is 5.74. The van der Waals surface area contributed by atoms with Crippen LogP contribution in [0.2, 0.25) is 0 Å². The third-order valence-electron chi connectivity index (χ3n) is 4.12. The molecule has 1 unspecified atom stereocenters. The Morgan fingerprint density at radius 2 is 2.15 bits per heavy atom. The second kappa shape index (κ2) is 6.64. The Hall–Kier alpha value is -1.71. The van der Waals surface area contributed by atoms with Crippen LogP contribution in [0.1, 0.15) is 31.7 Å². The zero-order valence-electron chi connectivity index (χ0n) is 12.6. The van der Waals surface area contributed by atoms with Gasteiger partial charge in [0.25, 0.3) is 0 Å². The molecule has 0 aliphatic heterocycles. The van der Waals surface area contributed by atoms with Gasteiger partial charge < -0.3 is 15.0 Å². The van der Waals surface area contributed by atoms with Crippen molar-refractivity contribution in [3.05, 3.63) is 29.8 Å². The monoisotopic (exact) mass is 276 g/mol. The molecule has 1 saturated carbocycles. The second-order valence-corrected chi connectivity index (χ2v) is 5.55. The van der Waals surface area contributed by atoms with Gasteiger partial charge in [0.05, 0.1) is 7.11 Å². The van der Waals surface area contributed by atoms with Crippen LogP contribution >= 0.6 is 0 Å². The molecular formula is C16H24N2O2. The normalized spacial score (nSPS) is 16.1. The molecule has 1 atom stereocenters. The lowest BCUT2D eigenvalue weighted by Gasteiger charge is -2.31. The van der Waals surface area contributed by atoms with Gasteiger partial charge in [-0.3, -0.25) is 0 Å². The quantitative estimate of drug-likeness (QED) is 0.898. The number of amides is 2. The lowest BCUT2D eigenvalue weighted by atomic mass is 9.93. The first-order valence-electron chi connectivity index (χ1n) is 7.27. The van der Waals surface area contributed by atoms with Gasteiger partial charge in [-0.05, 0) is 44.2 Å². The van der Waals surface area contributed by atoms with Gasteiger partial charge in [0.2, 0.25) is 0 Å². The third kappa shape index (κ3) is 3.44. The van der Waals surface area contributed by atoms with Gasteiger partial charge in [-0.25, -0.2) is 4.79 Å². The molecule has 0 heterocycles. The number of nitrogens with zero attached hydrogens (tertiary/aromatic N) is 1. The van der Waals surface area contributed by atoms with Gasteiger partial charge in [0, 0.05) is 19.1 Å². The predicted octanol–water partition coefficient (Wildman–Crippen LogP) is 2.82. The second-order valence-electron chi connectivity index (χ2n) is 5.55. The Kier molecular flexibility index (Phi) is 4.88. The molecule has 4 nitrogen and oxygen atoms in total. The molecule has 0 spiro atoms. The Balaban J connectivity index is 1.92. The third-order valence-corrected chi connectivity index (χ3v) is 4.12. The maximum Gasteiger partial charge on any atom is 0.317 e. The Labute approximate surface area is 121 Å². The number of urea groups is 1. The topological polar surface area (TPSA) is 41.6 Å². The molecule has 4 heteroatoms. The summed E-state index contributed by atoms with van der Waals surface area (Å²) in [7, 11) is 3.53. The van der Waals surface area contributed by atoms with Crippen molar-refractivity contribution < 1.29 is 9.53 Å². The van der Waals surface area contributed by atoms with Crippen molar-refractivity contribution in [1.82, 2.24) is 10.2 Å². The van der Waals surface area contributed by atoms with Gasteiger partial charge in [-0.1, -0.05) is 18.2 Å². The van der Waals surface area contributed by atoms with E-state index in [1.54, 1.807) is 12.0 Å². The molecule has 1 fully saturated rings. The Bertz CT molecular complexity index is 458. The molecule has 1 aliphatic carbocycles. The van der Waals surface area contributed by atoms with E-state index in [9.17, 15) is 4.79 Å². The summed E-state index contributed by atoms with van der Waals surface area (Å²) < 4.78 is 5.36. The minimum atomic E-state index is 0.0251. The first-order valence-corrected chi connectivity index (χ1v) is 7.27. The van der Waals surface area contributed by atoms with Crippen LogP contribution in [0.25, 0.3) is 0 Å². The molecule has 1 aromatic carbocycles. The van der Waals surface area contributed by atoms with Gasteiger partial charge >= 0.3 is 6.03 Å². The average molecular weight is 276 g/mol. The number of carbonyl (C=O) groups excluding carboxylic acids is 1. The van der Waals surface area contributed by atoms with Crippen LogP contribution < -0.4 is 10.1 Å². The van der Waals surface area contributed by atoms with Gasteiger partial charge in [-0.2, -0.15) is 0 Å². The maximum absolute atomic E-state index is 12.1. The maximum atomic E-state index is 12.1. The van der Waals surface area contributed by atoms with E-state index in [0.29, 0.717) is 6.04 Å². The number of hydrogen-bond acceptors (Lipinski definition) is 2. The number of likely N-dealkylation sites (N-methyl/N-ethyl adjacent to an activating group) is 1. The van der Waals surface area contributed by atoms with Crippen LogP contribution in [-0.4, -0.2) is 37.2 Å². The lowest BCUT2D eigenvalue weighted by molar-refractivity contribution is 0.182. The molecule has 2 rings (SSSR count). The van der Waals surface area contributed by atoms with Crippen LogP contribution in [0.3, 0.4) is 0 Å². The zero-order chi connectivity index (χ0) is 14.5. The number of methoxy groups -OCH3 is 1. The highest BCUT2D eigenvalue weighted by Gasteiger charge is 2.23. The standard InChI is InChI=1S/C16H24N2O2/c1-12(11-13-7-4-5-10-15(13)20-3)18(2)16(19)17-14-8-6-9-14/h4-5,7,10,12,14H,6,8-9,11H2,1-3H3,(H,17,19). The van der Waals surface area contributed by atoms with Gasteiger partial charge in [0.15, 0.2) is 0 Å². The van der Waals surface area contributed by atoms with Crippen molar-refractivity contribution >= 4 is 6.03 Å². The molecule has 1 aromatic rings. The zero-order valence-corrected chi connectivity index (χ0v) is 12.6. The summed E-state index contributed by atoms with van der Waals surface area (Å²) in [5, 5.41) is 3.07. The number of carbonyl (C=O) groups is 1. The summed E-state index contributed by atoms with van der Waals surface area (Å²) in [6.45, 7) is 2.06. The molecule has 1 aliphatic rings. The molecule has 110 valence electrons. The minimum Gasteiger partial charge on any atom is -0.496 e. The fourth-order valence-corrected chi connectivity index (χ4v) is 2.36. The number of benzene rings is 1. The minimum absolute atomic E-state index is 0.0251. The molecule has 20 heavy (non-hydrogen) atoms. The fraction of sp³-hybridized carbons (Fsp3) is 0.562. The number of hydrogen-bond donors (Lipinski definition) is 1. The number of nitrogens with one attached hydrogen (secondary N) is 1. The van der Waals surface area contributed by atoms with Crippen molar-refractivity contribution in [3.8, 4) is 5.75 Å². The lowest BCUT2D eigenvalue weighted by Crippen LogP contribution is -2.49. The van der Waals surface area contributed by atoms with E-state index in [2.05, 4.69) is 12.2 Å². The molecule has 2 amide bonds. The fourth-order valence-electron chi connectivity index (χ4n) is 2.36. The van der Waals surface area contributed by atoms with Crippen LogP contribution in [0.5, 0.6) is 5.75 Å². The smallest absolute Gasteiger partial charge is 0.317 e. The van der Waals surface area contributed by atoms with Crippen molar-refractivity contribution in [2.24, 2.45) is 0 Å². The predicted molar refractivity (Wildman–Crippen MR) is 80.1 cm³/mol. The number of para-hydroxylation sites is 1. The summed E-state index contributed by atoms with van der Waals surface area (Å²) in [6.07, 6.45) is 4.24. The molecule has 0 bridgehead atoms. The van der Waals surface area contributed by atoms with Crippen molar-refractivity contribution in [1.29, 1.82) is 0 Å². The van der Waals surface area contributed by atoms with E-state index < -0.39 is 0 Å². The van der Waals surface area contributed by atoms with Gasteiger partial charge in [-0.15, -0.1) is 0 Å². The SMILES string of the molecule is COc1ccccc1CC(C)N(C)C(=O)NC1CCC1. The summed E-state index contributed by atoms with van der Waals surface area (Å²) >= 11 is 0. The van der Waals surface area contributed by atoms with E-state index in [0.717, 1.165) is 30.6 Å². The van der Waals surface area contributed by atoms with Gasteiger partial charge in [0.1, 0.15) is 5.75 Å². The van der Waals surface area contributed by atoms with E-state index in [1.165, 1.54) is 6.42 Å².